The van der Waals surface area contributed by atoms with E-state index in [4.69, 9.17) is 11.1 Å². The Bertz CT molecular complexity index is 304. The molecule has 2 heteroatoms. The van der Waals surface area contributed by atoms with Gasteiger partial charge in [-0.15, -0.1) is 0 Å². The zero-order chi connectivity index (χ0) is 17.0. The van der Waals surface area contributed by atoms with Crippen LogP contribution in [0.4, 0.5) is 0 Å². The molecule has 0 bridgehead atoms. The highest BCUT2D eigenvalue weighted by Gasteiger charge is 2.70. The lowest BCUT2D eigenvalue weighted by Gasteiger charge is -2.69. The molecular weight excluding hydrogens is 280 g/mol. The first-order valence-corrected chi connectivity index (χ1v) is 11.5. The fraction of sp³-hybridized carbons (Fsp3) is 1.00. The summed E-state index contributed by atoms with van der Waals surface area (Å²) in [6.45, 7) is 30.9. The second kappa shape index (κ2) is 5.01. The van der Waals surface area contributed by atoms with Gasteiger partial charge in [0.15, 0.2) is 7.38 Å². The zero-order valence-electron chi connectivity index (χ0n) is 16.4. The van der Waals surface area contributed by atoms with Crippen LogP contribution in [0.25, 0.3) is 0 Å². The van der Waals surface area contributed by atoms with Crippen LogP contribution in [0.15, 0.2) is 0 Å². The molecule has 0 nitrogen and oxygen atoms in total. The Morgan fingerprint density at radius 2 is 0.750 bits per heavy atom. The van der Waals surface area contributed by atoms with Crippen molar-refractivity contribution in [2.45, 2.75) is 99.7 Å². The Labute approximate surface area is 134 Å². The van der Waals surface area contributed by atoms with E-state index in [-0.39, 0.29) is 26.3 Å². The van der Waals surface area contributed by atoms with E-state index >= 15 is 0 Å². The first kappa shape index (κ1) is 20.5. The van der Waals surface area contributed by atoms with Crippen LogP contribution >= 0.6 is 11.1 Å². The minimum Gasteiger partial charge on any atom is -0.166 e. The van der Waals surface area contributed by atoms with Gasteiger partial charge < -0.3 is 0 Å². The third-order valence-corrected chi connectivity index (χ3v) is 14.5. The molecule has 0 aliphatic heterocycles. The molecule has 1 unspecified atom stereocenters. The summed E-state index contributed by atoms with van der Waals surface area (Å²) in [4.78, 5) is 0. The van der Waals surface area contributed by atoms with Crippen molar-refractivity contribution in [1.29, 1.82) is 0 Å². The van der Waals surface area contributed by atoms with Gasteiger partial charge in [0.2, 0.25) is 0 Å². The monoisotopic (exact) mass is 318 g/mol. The molecule has 0 fully saturated rings. The van der Waals surface area contributed by atoms with E-state index in [0.29, 0.717) is 0 Å². The summed E-state index contributed by atoms with van der Waals surface area (Å²) in [6.07, 6.45) is 0. The minimum atomic E-state index is -2.12. The van der Waals surface area contributed by atoms with Gasteiger partial charge in [-0.2, -0.15) is 11.1 Å². The predicted molar refractivity (Wildman–Crippen MR) is 98.2 cm³/mol. The van der Waals surface area contributed by atoms with Gasteiger partial charge in [0.1, 0.15) is 0 Å². The standard InChI is InChI=1S/C18H39ClSi/c1-14(2,3)18(15(4,5)6,16(7,8)9)20(13,19)17(10,11)12/h1-13H3. The highest BCUT2D eigenvalue weighted by atomic mass is 35.6. The van der Waals surface area contributed by atoms with Gasteiger partial charge >= 0.3 is 0 Å². The van der Waals surface area contributed by atoms with E-state index in [9.17, 15) is 0 Å². The average Bonchev–Trinajstić information content (AvgIpc) is 1.89. The maximum Gasteiger partial charge on any atom is 0.166 e. The van der Waals surface area contributed by atoms with Crippen LogP contribution in [0.2, 0.25) is 16.6 Å². The molecule has 20 heavy (non-hydrogen) atoms. The molecule has 0 heterocycles. The van der Waals surface area contributed by atoms with Crippen LogP contribution in [0, 0.1) is 16.2 Å². The molecular formula is C18H39ClSi. The van der Waals surface area contributed by atoms with Crippen LogP contribution in [0.1, 0.15) is 83.1 Å². The first-order valence-electron chi connectivity index (χ1n) is 7.94. The lowest BCUT2D eigenvalue weighted by Crippen LogP contribution is -2.64. The fourth-order valence-electron chi connectivity index (χ4n) is 6.05. The summed E-state index contributed by atoms with van der Waals surface area (Å²) < 4.78 is 0. The van der Waals surface area contributed by atoms with E-state index in [1.807, 2.05) is 0 Å². The second-order valence-electron chi connectivity index (χ2n) is 10.8. The summed E-state index contributed by atoms with van der Waals surface area (Å²) in [6, 6.07) is 0. The quantitative estimate of drug-likeness (QED) is 0.347. The number of hydrogen-bond donors (Lipinski definition) is 0. The van der Waals surface area contributed by atoms with Crippen molar-refractivity contribution >= 4 is 18.5 Å². The molecule has 0 saturated heterocycles. The third-order valence-electron chi connectivity index (χ3n) is 5.49. The lowest BCUT2D eigenvalue weighted by atomic mass is 9.55. The Hall–Kier alpha value is 0.507. The van der Waals surface area contributed by atoms with E-state index in [2.05, 4.69) is 89.6 Å². The number of hydrogen-bond acceptors (Lipinski definition) is 0. The van der Waals surface area contributed by atoms with Crippen molar-refractivity contribution in [1.82, 2.24) is 0 Å². The summed E-state index contributed by atoms with van der Waals surface area (Å²) in [7, 11) is -2.12. The van der Waals surface area contributed by atoms with Crippen LogP contribution in [-0.2, 0) is 0 Å². The van der Waals surface area contributed by atoms with E-state index in [1.54, 1.807) is 0 Å². The highest BCUT2D eigenvalue weighted by Crippen LogP contribution is 2.76. The predicted octanol–water partition coefficient (Wildman–Crippen LogP) is 7.48. The summed E-state index contributed by atoms with van der Waals surface area (Å²) in [5, 5.41) is 0.252. The molecule has 0 aromatic heterocycles. The van der Waals surface area contributed by atoms with Crippen LogP contribution in [-0.4, -0.2) is 7.38 Å². The van der Waals surface area contributed by atoms with E-state index in [0.717, 1.165) is 0 Å². The summed E-state index contributed by atoms with van der Waals surface area (Å²) in [5.74, 6) is 0. The topological polar surface area (TPSA) is 0 Å². The van der Waals surface area contributed by atoms with Gasteiger partial charge in [-0.25, -0.2) is 0 Å². The highest BCUT2D eigenvalue weighted by molar-refractivity contribution is 7.23. The van der Waals surface area contributed by atoms with Crippen molar-refractivity contribution in [3.8, 4) is 0 Å². The van der Waals surface area contributed by atoms with Gasteiger partial charge in [0.25, 0.3) is 0 Å². The van der Waals surface area contributed by atoms with Crippen LogP contribution in [0.3, 0.4) is 0 Å². The smallest absolute Gasteiger partial charge is 0.166 e. The zero-order valence-corrected chi connectivity index (χ0v) is 18.1. The van der Waals surface area contributed by atoms with Crippen LogP contribution in [0.5, 0.6) is 0 Å². The average molecular weight is 319 g/mol. The minimum absolute atomic E-state index is 0.0970. The Morgan fingerprint density at radius 3 is 0.800 bits per heavy atom. The van der Waals surface area contributed by atoms with Gasteiger partial charge in [-0.1, -0.05) is 89.6 Å². The summed E-state index contributed by atoms with van der Waals surface area (Å²) >= 11 is 7.53. The van der Waals surface area contributed by atoms with Crippen molar-refractivity contribution in [2.24, 2.45) is 16.2 Å². The molecule has 0 N–H and O–H groups in total. The first-order chi connectivity index (χ1) is 8.25. The molecule has 1 atom stereocenters. The maximum atomic E-state index is 7.53. The molecule has 122 valence electrons. The Kier molecular flexibility index (Phi) is 5.14. The Morgan fingerprint density at radius 1 is 0.550 bits per heavy atom. The molecule has 0 aromatic rings. The molecule has 0 spiro atoms. The van der Waals surface area contributed by atoms with E-state index < -0.39 is 7.38 Å². The van der Waals surface area contributed by atoms with Gasteiger partial charge in [-0.05, 0) is 26.3 Å². The molecule has 0 aliphatic carbocycles. The van der Waals surface area contributed by atoms with Crippen molar-refractivity contribution in [2.75, 3.05) is 0 Å². The normalized spacial score (nSPS) is 18.9. The molecule has 0 rings (SSSR count). The van der Waals surface area contributed by atoms with Gasteiger partial charge in [0.05, 0.1) is 0 Å². The van der Waals surface area contributed by atoms with Crippen LogP contribution < -0.4 is 0 Å². The number of halogens is 1. The SMILES string of the molecule is CC(C)(C)C(C(C)(C)C)(C(C)(C)C)[Si](C)(Cl)C(C)(C)C. The number of rotatable bonds is 1. The van der Waals surface area contributed by atoms with Crippen molar-refractivity contribution in [3.63, 3.8) is 0 Å². The molecule has 0 radical (unpaired) electrons. The second-order valence-corrected chi connectivity index (χ2v) is 17.3. The molecule has 0 saturated carbocycles. The molecule has 0 amide bonds. The molecule has 0 aliphatic rings. The van der Waals surface area contributed by atoms with Crippen molar-refractivity contribution < 1.29 is 0 Å². The van der Waals surface area contributed by atoms with E-state index in [1.165, 1.54) is 0 Å². The molecule has 0 aromatic carbocycles. The lowest BCUT2D eigenvalue weighted by molar-refractivity contribution is 0.0125. The largest absolute Gasteiger partial charge is 0.166 e. The van der Waals surface area contributed by atoms with Gasteiger partial charge in [-0.3, -0.25) is 0 Å². The Balaban J connectivity index is 6.83. The van der Waals surface area contributed by atoms with Gasteiger partial charge in [0, 0.05) is 0 Å². The van der Waals surface area contributed by atoms with Crippen molar-refractivity contribution in [3.05, 3.63) is 0 Å². The third kappa shape index (κ3) is 2.74. The maximum absolute atomic E-state index is 7.53. The fourth-order valence-corrected chi connectivity index (χ4v) is 14.0. The summed E-state index contributed by atoms with van der Waals surface area (Å²) in [5.41, 5.74) is 0.457.